The summed E-state index contributed by atoms with van der Waals surface area (Å²) in [5.74, 6) is -0.280. The van der Waals surface area contributed by atoms with Gasteiger partial charge in [-0.15, -0.1) is 0 Å². The molecule has 1 N–H and O–H groups in total. The van der Waals surface area contributed by atoms with Crippen LogP contribution in [0.2, 0.25) is 0 Å². The molecule has 2 atom stereocenters. The van der Waals surface area contributed by atoms with Crippen molar-refractivity contribution >= 4 is 17.4 Å². The van der Waals surface area contributed by atoms with E-state index in [9.17, 15) is 19.3 Å². The average molecular weight is 397 g/mol. The Morgan fingerprint density at radius 1 is 1.17 bits per heavy atom. The number of rotatable bonds is 5. The van der Waals surface area contributed by atoms with Gasteiger partial charge in [0.15, 0.2) is 6.17 Å². The minimum Gasteiger partial charge on any atom is -0.299 e. The fraction of sp³-hybridized carbons (Fsp3) is 0.286. The van der Waals surface area contributed by atoms with Gasteiger partial charge >= 0.3 is 6.03 Å². The van der Waals surface area contributed by atoms with Crippen molar-refractivity contribution in [2.24, 2.45) is 0 Å². The number of nitro groups is 1. The summed E-state index contributed by atoms with van der Waals surface area (Å²) in [6.07, 6.45) is 4.72. The van der Waals surface area contributed by atoms with Crippen LogP contribution in [-0.2, 0) is 6.54 Å². The third kappa shape index (κ3) is 3.52. The number of benzene rings is 2. The zero-order chi connectivity index (χ0) is 20.4. The molecule has 2 aliphatic rings. The number of carbonyl (C=O) groups excluding carboxylic acids is 1. The lowest BCUT2D eigenvalue weighted by Gasteiger charge is -2.43. The van der Waals surface area contributed by atoms with Crippen LogP contribution in [0.25, 0.3) is 0 Å². The Kier molecular flexibility index (Phi) is 5.12. The maximum absolute atomic E-state index is 13.3. The van der Waals surface area contributed by atoms with E-state index < -0.39 is 4.92 Å². The number of carbonyl (C=O) groups is 1. The van der Waals surface area contributed by atoms with Gasteiger partial charge in [-0.25, -0.2) is 14.1 Å². The van der Waals surface area contributed by atoms with E-state index in [1.165, 1.54) is 24.3 Å². The topological polar surface area (TPSA) is 75.5 Å². The molecule has 2 aromatic carbocycles. The molecule has 29 heavy (non-hydrogen) atoms. The Balaban J connectivity index is 1.71. The molecule has 0 bridgehead atoms. The molecule has 7 nitrogen and oxygen atoms in total. The van der Waals surface area contributed by atoms with Gasteiger partial charge in [0, 0.05) is 37.4 Å². The van der Waals surface area contributed by atoms with Crippen molar-refractivity contribution in [1.29, 1.82) is 0 Å². The molecule has 0 saturated carbocycles. The Morgan fingerprint density at radius 3 is 2.52 bits per heavy atom. The number of hydrogen-bond acceptors (Lipinski definition) is 4. The van der Waals surface area contributed by atoms with E-state index in [2.05, 4.69) is 16.3 Å². The SMILES string of the molecule is O=C1NCC[N+]1(c1ccc([N+](=O)[O-])cc1)C1C=CCCN1Cc1ccc(F)cc1. The number of nitrogens with zero attached hydrogens (tertiary/aromatic N) is 3. The lowest BCUT2D eigenvalue weighted by Crippen LogP contribution is -2.65. The van der Waals surface area contributed by atoms with Crippen LogP contribution in [0.4, 0.5) is 20.6 Å². The molecule has 0 radical (unpaired) electrons. The molecule has 0 spiro atoms. The monoisotopic (exact) mass is 397 g/mol. The van der Waals surface area contributed by atoms with Crippen LogP contribution in [0.1, 0.15) is 12.0 Å². The third-order valence-corrected chi connectivity index (χ3v) is 5.64. The number of nitro benzene ring substituents is 1. The predicted molar refractivity (Wildman–Crippen MR) is 108 cm³/mol. The molecule has 0 aliphatic carbocycles. The second-order valence-corrected chi connectivity index (χ2v) is 7.33. The minimum absolute atomic E-state index is 0.00569. The van der Waals surface area contributed by atoms with E-state index in [-0.39, 0.29) is 28.2 Å². The standard InChI is InChI=1S/C21H21FN4O3/c22-17-6-4-16(5-7-17)15-24-13-2-1-3-20(24)26(14-12-23-21(26)27)19-10-8-18(9-11-19)25(28)29/h1,3-11,20H,2,12-15H2/p+1. The number of non-ortho nitro benzene ring substituents is 1. The Labute approximate surface area is 167 Å². The molecular weight excluding hydrogens is 375 g/mol. The maximum atomic E-state index is 13.3. The van der Waals surface area contributed by atoms with E-state index in [0.717, 1.165) is 18.5 Å². The maximum Gasteiger partial charge on any atom is 0.423 e. The van der Waals surface area contributed by atoms with Gasteiger partial charge in [0.05, 0.1) is 11.5 Å². The van der Waals surface area contributed by atoms with Crippen LogP contribution in [-0.4, -0.2) is 41.7 Å². The van der Waals surface area contributed by atoms with Gasteiger partial charge in [-0.05, 0) is 30.2 Å². The minimum atomic E-state index is -0.445. The summed E-state index contributed by atoms with van der Waals surface area (Å²) in [6.45, 7) is 2.42. The van der Waals surface area contributed by atoms with Crippen molar-refractivity contribution in [1.82, 2.24) is 14.7 Å². The van der Waals surface area contributed by atoms with Crippen molar-refractivity contribution < 1.29 is 14.1 Å². The average Bonchev–Trinajstić information content (AvgIpc) is 3.12. The number of quaternary nitrogens is 1. The Hall–Kier alpha value is -3.10. The zero-order valence-electron chi connectivity index (χ0n) is 15.8. The van der Waals surface area contributed by atoms with E-state index in [1.54, 1.807) is 24.3 Å². The first-order valence-corrected chi connectivity index (χ1v) is 9.57. The summed E-state index contributed by atoms with van der Waals surface area (Å²) in [6, 6.07) is 12.5. The molecule has 150 valence electrons. The van der Waals surface area contributed by atoms with Gasteiger partial charge in [0.2, 0.25) is 0 Å². The summed E-state index contributed by atoms with van der Waals surface area (Å²) in [5.41, 5.74) is 1.67. The summed E-state index contributed by atoms with van der Waals surface area (Å²) in [4.78, 5) is 25.9. The van der Waals surface area contributed by atoms with Crippen molar-refractivity contribution in [2.45, 2.75) is 19.1 Å². The van der Waals surface area contributed by atoms with Gasteiger partial charge in [-0.2, -0.15) is 4.48 Å². The highest BCUT2D eigenvalue weighted by Crippen LogP contribution is 2.35. The molecule has 8 heteroatoms. The van der Waals surface area contributed by atoms with E-state index >= 15 is 0 Å². The number of hydrogen-bond donors (Lipinski definition) is 1. The Morgan fingerprint density at radius 2 is 1.90 bits per heavy atom. The van der Waals surface area contributed by atoms with Gasteiger partial charge < -0.3 is 0 Å². The highest BCUT2D eigenvalue weighted by atomic mass is 19.1. The van der Waals surface area contributed by atoms with Gasteiger partial charge in [-0.1, -0.05) is 18.2 Å². The second kappa shape index (κ2) is 7.73. The van der Waals surface area contributed by atoms with Crippen molar-refractivity contribution in [3.8, 4) is 0 Å². The molecule has 2 unspecified atom stereocenters. The lowest BCUT2D eigenvalue weighted by atomic mass is 10.1. The predicted octanol–water partition coefficient (Wildman–Crippen LogP) is 3.55. The number of nitrogens with one attached hydrogen (secondary N) is 1. The van der Waals surface area contributed by atoms with Crippen molar-refractivity contribution in [3.63, 3.8) is 0 Å². The lowest BCUT2D eigenvalue weighted by molar-refractivity contribution is -0.384. The van der Waals surface area contributed by atoms with Gasteiger partial charge in [0.25, 0.3) is 5.69 Å². The fourth-order valence-electron chi connectivity index (χ4n) is 4.21. The fourth-order valence-corrected chi connectivity index (χ4v) is 4.21. The van der Waals surface area contributed by atoms with Crippen LogP contribution in [0.3, 0.4) is 0 Å². The Bertz CT molecular complexity index is 945. The number of urea groups is 1. The molecule has 4 rings (SSSR count). The van der Waals surface area contributed by atoms with E-state index in [0.29, 0.717) is 25.3 Å². The highest BCUT2D eigenvalue weighted by Gasteiger charge is 2.52. The van der Waals surface area contributed by atoms with Crippen LogP contribution in [0.5, 0.6) is 0 Å². The second-order valence-electron chi connectivity index (χ2n) is 7.33. The quantitative estimate of drug-likeness (QED) is 0.362. The van der Waals surface area contributed by atoms with Crippen LogP contribution in [0.15, 0.2) is 60.7 Å². The van der Waals surface area contributed by atoms with Crippen LogP contribution >= 0.6 is 0 Å². The molecule has 2 heterocycles. The number of halogens is 1. The molecule has 0 aromatic heterocycles. The smallest absolute Gasteiger partial charge is 0.299 e. The summed E-state index contributed by atoms with van der Waals surface area (Å²) >= 11 is 0. The highest BCUT2D eigenvalue weighted by molar-refractivity contribution is 5.90. The molecule has 1 saturated heterocycles. The van der Waals surface area contributed by atoms with E-state index in [1.807, 2.05) is 6.08 Å². The normalized spacial score (nSPS) is 24.4. The molecule has 2 aromatic rings. The first-order valence-electron chi connectivity index (χ1n) is 9.57. The molecule has 2 aliphatic heterocycles. The molecule has 1 fully saturated rings. The molecular formula is C21H22FN4O3+. The van der Waals surface area contributed by atoms with Crippen LogP contribution < -0.4 is 9.80 Å². The summed E-state index contributed by atoms with van der Waals surface area (Å²) < 4.78 is 13.3. The largest absolute Gasteiger partial charge is 0.423 e. The van der Waals surface area contributed by atoms with Gasteiger partial charge in [-0.3, -0.25) is 15.4 Å². The van der Waals surface area contributed by atoms with Crippen molar-refractivity contribution in [3.05, 3.63) is 82.2 Å². The first-order chi connectivity index (χ1) is 14.0. The first kappa shape index (κ1) is 19.2. The van der Waals surface area contributed by atoms with Crippen LogP contribution in [0, 0.1) is 15.9 Å². The third-order valence-electron chi connectivity index (χ3n) is 5.64. The summed E-state index contributed by atoms with van der Waals surface area (Å²) in [7, 11) is 0. The number of amides is 2. The summed E-state index contributed by atoms with van der Waals surface area (Å²) in [5, 5.41) is 14.0. The van der Waals surface area contributed by atoms with Crippen molar-refractivity contribution in [2.75, 3.05) is 19.6 Å². The zero-order valence-corrected chi connectivity index (χ0v) is 15.8. The molecule has 2 amide bonds. The van der Waals surface area contributed by atoms with E-state index in [4.69, 9.17) is 0 Å². The van der Waals surface area contributed by atoms with Gasteiger partial charge in [0.1, 0.15) is 18.0 Å².